The van der Waals surface area contributed by atoms with Crippen LogP contribution in [0.2, 0.25) is 0 Å². The molecule has 1 N–H and O–H groups in total. The molecule has 1 amide bonds. The maximum atomic E-state index is 13.3. The molecule has 1 heterocycles. The predicted octanol–water partition coefficient (Wildman–Crippen LogP) is 2.14. The molecule has 1 saturated carbocycles. The molecule has 1 aromatic rings. The van der Waals surface area contributed by atoms with Crippen LogP contribution in [0.1, 0.15) is 36.5 Å². The maximum absolute atomic E-state index is 13.3. The zero-order chi connectivity index (χ0) is 11.5. The predicted molar refractivity (Wildman–Crippen MR) is 58.5 cm³/mol. The minimum Gasteiger partial charge on any atom is -0.349 e. The number of carbonyl (C=O) groups excluding carboxylic acids is 1. The lowest BCUT2D eigenvalue weighted by molar-refractivity contribution is 0.0933. The van der Waals surface area contributed by atoms with Gasteiger partial charge < -0.3 is 5.32 Å². The fraction of sp³-hybridized carbons (Fsp3) is 0.500. The monoisotopic (exact) mass is 222 g/mol. The summed E-state index contributed by atoms with van der Waals surface area (Å²) in [6, 6.07) is 1.60. The van der Waals surface area contributed by atoms with Crippen LogP contribution in [-0.2, 0) is 0 Å². The molecule has 86 valence electrons. The van der Waals surface area contributed by atoms with E-state index in [1.54, 1.807) is 0 Å². The number of pyridine rings is 1. The summed E-state index contributed by atoms with van der Waals surface area (Å²) in [5, 5.41) is 2.86. The van der Waals surface area contributed by atoms with Crippen molar-refractivity contribution in [2.75, 3.05) is 0 Å². The van der Waals surface area contributed by atoms with Crippen molar-refractivity contribution >= 4 is 5.91 Å². The number of hydrogen-bond acceptors (Lipinski definition) is 2. The summed E-state index contributed by atoms with van der Waals surface area (Å²) < 4.78 is 13.3. The second kappa shape index (κ2) is 4.60. The highest BCUT2D eigenvalue weighted by atomic mass is 19.1. The lowest BCUT2D eigenvalue weighted by atomic mass is 10.1. The Morgan fingerprint density at radius 1 is 1.56 bits per heavy atom. The van der Waals surface area contributed by atoms with Crippen molar-refractivity contribution in [3.63, 3.8) is 0 Å². The second-order valence-corrected chi connectivity index (χ2v) is 4.44. The van der Waals surface area contributed by atoms with Crippen LogP contribution in [0.15, 0.2) is 18.5 Å². The average Bonchev–Trinajstić information content (AvgIpc) is 2.64. The van der Waals surface area contributed by atoms with Gasteiger partial charge in [0.15, 0.2) is 5.82 Å². The van der Waals surface area contributed by atoms with Crippen molar-refractivity contribution in [1.29, 1.82) is 0 Å². The second-order valence-electron chi connectivity index (χ2n) is 4.44. The van der Waals surface area contributed by atoms with Gasteiger partial charge in [-0.25, -0.2) is 4.39 Å². The molecule has 0 saturated heterocycles. The van der Waals surface area contributed by atoms with E-state index in [9.17, 15) is 9.18 Å². The Kier molecular flexibility index (Phi) is 3.17. The van der Waals surface area contributed by atoms with Crippen LogP contribution in [0.25, 0.3) is 0 Å². The molecule has 1 fully saturated rings. The van der Waals surface area contributed by atoms with Crippen molar-refractivity contribution in [1.82, 2.24) is 10.3 Å². The first-order valence-corrected chi connectivity index (χ1v) is 5.57. The van der Waals surface area contributed by atoms with E-state index in [2.05, 4.69) is 17.2 Å². The molecule has 0 bridgehead atoms. The molecule has 16 heavy (non-hydrogen) atoms. The number of halogens is 1. The van der Waals surface area contributed by atoms with Gasteiger partial charge in [0.2, 0.25) is 0 Å². The highest BCUT2D eigenvalue weighted by Crippen LogP contribution is 2.24. The van der Waals surface area contributed by atoms with Crippen molar-refractivity contribution in [2.24, 2.45) is 5.92 Å². The number of rotatable bonds is 2. The van der Waals surface area contributed by atoms with Gasteiger partial charge in [-0.05, 0) is 31.2 Å². The van der Waals surface area contributed by atoms with Gasteiger partial charge >= 0.3 is 0 Å². The quantitative estimate of drug-likeness (QED) is 0.833. The van der Waals surface area contributed by atoms with Gasteiger partial charge in [0.25, 0.3) is 5.91 Å². The number of aromatic nitrogens is 1. The molecule has 2 rings (SSSR count). The number of nitrogens with zero attached hydrogens (tertiary/aromatic N) is 1. The molecule has 0 aromatic carbocycles. The third kappa shape index (κ3) is 2.38. The van der Waals surface area contributed by atoms with Gasteiger partial charge in [-0.3, -0.25) is 9.78 Å². The molecule has 1 aliphatic rings. The molecule has 4 heteroatoms. The highest BCUT2D eigenvalue weighted by Gasteiger charge is 2.23. The molecular weight excluding hydrogens is 207 g/mol. The molecule has 3 nitrogen and oxygen atoms in total. The minimum absolute atomic E-state index is 0.0783. The third-order valence-corrected chi connectivity index (χ3v) is 3.05. The Morgan fingerprint density at radius 2 is 2.38 bits per heavy atom. The maximum Gasteiger partial charge on any atom is 0.254 e. The van der Waals surface area contributed by atoms with E-state index < -0.39 is 5.82 Å². The molecule has 1 aromatic heterocycles. The Labute approximate surface area is 94.1 Å². The summed E-state index contributed by atoms with van der Waals surface area (Å²) in [6.07, 6.45) is 5.59. The highest BCUT2D eigenvalue weighted by molar-refractivity contribution is 5.94. The zero-order valence-electron chi connectivity index (χ0n) is 9.24. The van der Waals surface area contributed by atoms with E-state index >= 15 is 0 Å². The normalized spacial score (nSPS) is 24.4. The van der Waals surface area contributed by atoms with Gasteiger partial charge in [0, 0.05) is 12.2 Å². The number of hydrogen-bond donors (Lipinski definition) is 1. The van der Waals surface area contributed by atoms with Gasteiger partial charge in [0.05, 0.1) is 11.8 Å². The smallest absolute Gasteiger partial charge is 0.254 e. The summed E-state index contributed by atoms with van der Waals surface area (Å²) >= 11 is 0. The SMILES string of the molecule is CC1CCC(NC(=O)c2ccncc2F)C1. The van der Waals surface area contributed by atoms with Gasteiger partial charge in [-0.1, -0.05) is 6.92 Å². The first kappa shape index (κ1) is 11.0. The molecule has 1 aliphatic carbocycles. The first-order valence-electron chi connectivity index (χ1n) is 5.57. The molecule has 2 atom stereocenters. The number of nitrogens with one attached hydrogen (secondary N) is 1. The summed E-state index contributed by atoms with van der Waals surface area (Å²) in [7, 11) is 0. The fourth-order valence-corrected chi connectivity index (χ4v) is 2.16. The first-order chi connectivity index (χ1) is 7.66. The average molecular weight is 222 g/mol. The van der Waals surface area contributed by atoms with Crippen LogP contribution in [0.5, 0.6) is 0 Å². The minimum atomic E-state index is -0.564. The number of amides is 1. The summed E-state index contributed by atoms with van der Waals surface area (Å²) in [5.74, 6) is -0.252. The van der Waals surface area contributed by atoms with E-state index in [0.717, 1.165) is 25.5 Å². The molecule has 0 aliphatic heterocycles. The Morgan fingerprint density at radius 3 is 3.00 bits per heavy atom. The fourth-order valence-electron chi connectivity index (χ4n) is 2.16. The Hall–Kier alpha value is -1.45. The van der Waals surface area contributed by atoms with Crippen LogP contribution in [0.3, 0.4) is 0 Å². The van der Waals surface area contributed by atoms with Crippen molar-refractivity contribution < 1.29 is 9.18 Å². The van der Waals surface area contributed by atoms with Crippen LogP contribution in [-0.4, -0.2) is 16.9 Å². The standard InChI is InChI=1S/C12H15FN2O/c1-8-2-3-9(6-8)15-12(16)10-4-5-14-7-11(10)13/h4-5,7-9H,2-3,6H2,1H3,(H,15,16). The van der Waals surface area contributed by atoms with Gasteiger partial charge in [-0.2, -0.15) is 0 Å². The van der Waals surface area contributed by atoms with Crippen LogP contribution in [0.4, 0.5) is 4.39 Å². The van der Waals surface area contributed by atoms with Crippen LogP contribution >= 0.6 is 0 Å². The van der Waals surface area contributed by atoms with E-state index in [4.69, 9.17) is 0 Å². The van der Waals surface area contributed by atoms with Crippen LogP contribution < -0.4 is 5.32 Å². The van der Waals surface area contributed by atoms with Crippen molar-refractivity contribution in [2.45, 2.75) is 32.2 Å². The topological polar surface area (TPSA) is 42.0 Å². The molecule has 0 spiro atoms. The number of carbonyl (C=O) groups is 1. The van der Waals surface area contributed by atoms with E-state index in [-0.39, 0.29) is 17.5 Å². The third-order valence-electron chi connectivity index (χ3n) is 3.05. The summed E-state index contributed by atoms with van der Waals surface area (Å²) in [4.78, 5) is 15.4. The Balaban J connectivity index is 2.01. The van der Waals surface area contributed by atoms with E-state index in [1.807, 2.05) is 0 Å². The van der Waals surface area contributed by atoms with E-state index in [1.165, 1.54) is 12.3 Å². The van der Waals surface area contributed by atoms with Crippen molar-refractivity contribution in [3.8, 4) is 0 Å². The summed E-state index contributed by atoms with van der Waals surface area (Å²) in [6.45, 7) is 2.17. The van der Waals surface area contributed by atoms with Crippen LogP contribution in [0, 0.1) is 11.7 Å². The lowest BCUT2D eigenvalue weighted by Crippen LogP contribution is -2.33. The largest absolute Gasteiger partial charge is 0.349 e. The molecule has 0 radical (unpaired) electrons. The zero-order valence-corrected chi connectivity index (χ0v) is 9.24. The van der Waals surface area contributed by atoms with Crippen molar-refractivity contribution in [3.05, 3.63) is 29.8 Å². The summed E-state index contributed by atoms with van der Waals surface area (Å²) in [5.41, 5.74) is 0.0783. The lowest BCUT2D eigenvalue weighted by Gasteiger charge is -2.12. The van der Waals surface area contributed by atoms with E-state index in [0.29, 0.717) is 5.92 Å². The Bertz CT molecular complexity index is 394. The van der Waals surface area contributed by atoms with Gasteiger partial charge in [0.1, 0.15) is 0 Å². The van der Waals surface area contributed by atoms with Gasteiger partial charge in [-0.15, -0.1) is 0 Å². The molecule has 2 unspecified atom stereocenters. The molecular formula is C12H15FN2O.